The molecule has 1 N–H and O–H groups in total. The molecule has 154 valence electrons. The zero-order valence-electron chi connectivity index (χ0n) is 16.8. The molecule has 1 aromatic heterocycles. The van der Waals surface area contributed by atoms with Gasteiger partial charge in [0.15, 0.2) is 0 Å². The van der Waals surface area contributed by atoms with Crippen molar-refractivity contribution in [1.82, 2.24) is 9.47 Å². The van der Waals surface area contributed by atoms with Gasteiger partial charge in [0.2, 0.25) is 20.2 Å². The summed E-state index contributed by atoms with van der Waals surface area (Å²) in [4.78, 5) is 17.6. The third kappa shape index (κ3) is 3.31. The van der Waals surface area contributed by atoms with Crippen LogP contribution in [-0.2, 0) is 14.6 Å². The summed E-state index contributed by atoms with van der Waals surface area (Å²) in [5, 5.41) is 8.26. The van der Waals surface area contributed by atoms with Gasteiger partial charge in [0.05, 0.1) is 17.5 Å². The Labute approximate surface area is 178 Å². The molecule has 2 aliphatic heterocycles. The molecule has 1 aromatic carbocycles. The van der Waals surface area contributed by atoms with Crippen LogP contribution in [0.5, 0.6) is 0 Å². The molecule has 0 saturated heterocycles. The maximum Gasteiger partial charge on any atom is 0.283 e. The molecule has 3 heterocycles. The maximum absolute atomic E-state index is 12.6. The van der Waals surface area contributed by atoms with E-state index in [1.54, 1.807) is 6.08 Å². The second-order valence-corrected chi connectivity index (χ2v) is 9.82. The van der Waals surface area contributed by atoms with Gasteiger partial charge in [-0.3, -0.25) is 10.2 Å². The highest BCUT2D eigenvalue weighted by Crippen LogP contribution is 2.31. The van der Waals surface area contributed by atoms with Gasteiger partial charge in [0.25, 0.3) is 5.91 Å². The number of carbonyl (C=O) groups is 1. The Morgan fingerprint density at radius 1 is 1.13 bits per heavy atom. The standard InChI is InChI=1S/C20H19N5O3S2/c1-11-5-7-15(8-6-11)24-12(2)9-14(13(24)3)10-16-17(21)25-19(22-18(16)26)29-23-20(25)30(4,27)28/h5-10,21H,1-4H3/b16-10-,21-17?. The first-order valence-corrected chi connectivity index (χ1v) is 11.7. The van der Waals surface area contributed by atoms with Gasteiger partial charge in [-0.1, -0.05) is 17.7 Å². The highest BCUT2D eigenvalue weighted by Gasteiger charge is 2.41. The van der Waals surface area contributed by atoms with Crippen molar-refractivity contribution in [2.45, 2.75) is 20.8 Å². The molecule has 0 radical (unpaired) electrons. The quantitative estimate of drug-likeness (QED) is 0.569. The van der Waals surface area contributed by atoms with Gasteiger partial charge in [0, 0.05) is 23.3 Å². The zero-order valence-corrected chi connectivity index (χ0v) is 18.4. The van der Waals surface area contributed by atoms with Crippen LogP contribution in [0.3, 0.4) is 0 Å². The number of hydrogen-bond donors (Lipinski definition) is 1. The van der Waals surface area contributed by atoms with Crippen molar-refractivity contribution < 1.29 is 13.2 Å². The van der Waals surface area contributed by atoms with Crippen LogP contribution in [0, 0.1) is 26.2 Å². The predicted octanol–water partition coefficient (Wildman–Crippen LogP) is 3.02. The number of nitrogens with one attached hydrogen (secondary N) is 1. The third-order valence-corrected chi connectivity index (χ3v) is 6.64. The van der Waals surface area contributed by atoms with Crippen molar-refractivity contribution in [3.63, 3.8) is 0 Å². The number of aryl methyl sites for hydroxylation is 2. The summed E-state index contributed by atoms with van der Waals surface area (Å²) >= 11 is 0.777. The van der Waals surface area contributed by atoms with Crippen LogP contribution in [0.4, 0.5) is 0 Å². The second kappa shape index (κ2) is 7.06. The lowest BCUT2D eigenvalue weighted by molar-refractivity contribution is -0.114. The lowest BCUT2D eigenvalue weighted by atomic mass is 10.1. The number of amidine groups is 3. The highest BCUT2D eigenvalue weighted by atomic mass is 32.2. The Morgan fingerprint density at radius 2 is 1.80 bits per heavy atom. The Morgan fingerprint density at radius 3 is 2.43 bits per heavy atom. The van der Waals surface area contributed by atoms with Crippen molar-refractivity contribution in [1.29, 1.82) is 5.41 Å². The minimum atomic E-state index is -3.68. The second-order valence-electron chi connectivity index (χ2n) is 7.18. The fraction of sp³-hybridized carbons (Fsp3) is 0.200. The Bertz CT molecular complexity index is 1300. The number of rotatable bonds is 2. The lowest BCUT2D eigenvalue weighted by Gasteiger charge is -2.23. The van der Waals surface area contributed by atoms with E-state index in [0.29, 0.717) is 0 Å². The van der Waals surface area contributed by atoms with Gasteiger partial charge in [0.1, 0.15) is 5.84 Å². The van der Waals surface area contributed by atoms with E-state index in [-0.39, 0.29) is 21.7 Å². The summed E-state index contributed by atoms with van der Waals surface area (Å²) in [6.07, 6.45) is 2.60. The van der Waals surface area contributed by atoms with E-state index in [1.165, 1.54) is 0 Å². The van der Waals surface area contributed by atoms with E-state index in [9.17, 15) is 13.2 Å². The number of aliphatic imine (C=N–C) groups is 1. The molecular weight excluding hydrogens is 422 g/mol. The Hall–Kier alpha value is -2.98. The summed E-state index contributed by atoms with van der Waals surface area (Å²) in [5.74, 6) is -0.844. The average molecular weight is 442 g/mol. The molecule has 2 aromatic rings. The van der Waals surface area contributed by atoms with Gasteiger partial charge < -0.3 is 4.57 Å². The van der Waals surface area contributed by atoms with Crippen LogP contribution >= 0.6 is 11.9 Å². The topological polar surface area (TPSA) is 108 Å². The normalized spacial score (nSPS) is 18.0. The lowest BCUT2D eigenvalue weighted by Crippen LogP contribution is -2.45. The van der Waals surface area contributed by atoms with Crippen LogP contribution in [0.1, 0.15) is 22.5 Å². The predicted molar refractivity (Wildman–Crippen MR) is 120 cm³/mol. The molecule has 2 aliphatic rings. The minimum Gasteiger partial charge on any atom is -0.318 e. The summed E-state index contributed by atoms with van der Waals surface area (Å²) in [6.45, 7) is 5.92. The molecule has 0 atom stereocenters. The fourth-order valence-electron chi connectivity index (χ4n) is 3.42. The van der Waals surface area contributed by atoms with Crippen LogP contribution < -0.4 is 0 Å². The zero-order chi connectivity index (χ0) is 21.8. The van der Waals surface area contributed by atoms with Crippen LogP contribution in [0.2, 0.25) is 0 Å². The molecule has 0 aliphatic carbocycles. The maximum atomic E-state index is 12.6. The molecule has 1 amide bonds. The van der Waals surface area contributed by atoms with Crippen molar-refractivity contribution in [2.24, 2.45) is 9.39 Å². The van der Waals surface area contributed by atoms with Crippen molar-refractivity contribution in [3.05, 3.63) is 58.4 Å². The molecule has 8 nitrogen and oxygen atoms in total. The van der Waals surface area contributed by atoms with E-state index < -0.39 is 15.7 Å². The van der Waals surface area contributed by atoms with E-state index in [4.69, 9.17) is 5.41 Å². The van der Waals surface area contributed by atoms with Gasteiger partial charge in [-0.05, 0) is 50.6 Å². The summed E-state index contributed by atoms with van der Waals surface area (Å²) < 4.78 is 30.0. The molecule has 10 heteroatoms. The highest BCUT2D eigenvalue weighted by molar-refractivity contribution is 8.16. The smallest absolute Gasteiger partial charge is 0.283 e. The Balaban J connectivity index is 1.78. The molecule has 4 rings (SSSR count). The number of benzene rings is 1. The molecule has 0 bridgehead atoms. The molecule has 30 heavy (non-hydrogen) atoms. The van der Waals surface area contributed by atoms with Gasteiger partial charge in [-0.2, -0.15) is 9.39 Å². The first-order chi connectivity index (χ1) is 14.1. The number of hydrogen-bond acceptors (Lipinski definition) is 6. The van der Waals surface area contributed by atoms with Crippen LogP contribution in [-0.4, -0.2) is 46.2 Å². The summed E-state index contributed by atoms with van der Waals surface area (Å²) in [7, 11) is -3.68. The van der Waals surface area contributed by atoms with E-state index >= 15 is 0 Å². The number of amides is 1. The van der Waals surface area contributed by atoms with Crippen molar-refractivity contribution in [3.8, 4) is 5.69 Å². The van der Waals surface area contributed by atoms with Crippen molar-refractivity contribution >= 4 is 49.9 Å². The number of fused-ring (bicyclic) bond motifs is 1. The van der Waals surface area contributed by atoms with E-state index in [0.717, 1.165) is 51.3 Å². The largest absolute Gasteiger partial charge is 0.318 e. The molecule has 0 saturated carbocycles. The Kier molecular flexibility index (Phi) is 4.78. The molecule has 0 fully saturated rings. The van der Waals surface area contributed by atoms with Gasteiger partial charge in [-0.25, -0.2) is 13.3 Å². The van der Waals surface area contributed by atoms with E-state index in [2.05, 4.69) is 14.0 Å². The van der Waals surface area contributed by atoms with Crippen LogP contribution in [0.15, 0.2) is 45.3 Å². The monoisotopic (exact) mass is 441 g/mol. The molecule has 0 unspecified atom stereocenters. The summed E-state index contributed by atoms with van der Waals surface area (Å²) in [6, 6.07) is 10.0. The summed E-state index contributed by atoms with van der Waals surface area (Å²) in [5.41, 5.74) is 4.79. The number of sulfone groups is 1. The fourth-order valence-corrected chi connectivity index (χ4v) is 5.26. The average Bonchev–Trinajstić information content (AvgIpc) is 3.21. The molecule has 0 spiro atoms. The van der Waals surface area contributed by atoms with Crippen molar-refractivity contribution in [2.75, 3.05) is 6.26 Å². The van der Waals surface area contributed by atoms with Gasteiger partial charge >= 0.3 is 0 Å². The first kappa shape index (κ1) is 20.3. The minimum absolute atomic E-state index is 0.0155. The third-order valence-electron chi connectivity index (χ3n) is 4.89. The number of aromatic nitrogens is 1. The molecular formula is C20H19N5O3S2. The number of carbonyl (C=O) groups excluding carboxylic acids is 1. The van der Waals surface area contributed by atoms with Crippen LogP contribution in [0.25, 0.3) is 11.8 Å². The first-order valence-electron chi connectivity index (χ1n) is 9.03. The van der Waals surface area contributed by atoms with Gasteiger partial charge in [-0.15, -0.1) is 0 Å². The number of nitrogens with zero attached hydrogens (tertiary/aromatic N) is 4. The van der Waals surface area contributed by atoms with E-state index in [1.807, 2.05) is 51.1 Å². The SMILES string of the molecule is Cc1ccc(-n2c(C)cc(/C=C3/C(=N)N4C(=NC3=O)SN=C4S(C)(=O)=O)c2C)cc1.